The number of fused-ring (bicyclic) bond motifs is 3. The van der Waals surface area contributed by atoms with E-state index in [2.05, 4.69) is 45.0 Å². The predicted molar refractivity (Wildman–Crippen MR) is 89.2 cm³/mol. The fourth-order valence-corrected chi connectivity index (χ4v) is 4.53. The van der Waals surface area contributed by atoms with Gasteiger partial charge >= 0.3 is 0 Å². The molecule has 4 heteroatoms. The first-order chi connectivity index (χ1) is 11.5. The number of hydrogen-bond donors (Lipinski definition) is 0. The van der Waals surface area contributed by atoms with Gasteiger partial charge < -0.3 is 18.9 Å². The van der Waals surface area contributed by atoms with E-state index in [1.54, 1.807) is 0 Å². The molecule has 4 nitrogen and oxygen atoms in total. The molecule has 0 aromatic heterocycles. The fraction of sp³-hybridized carbons (Fsp3) is 0.400. The van der Waals surface area contributed by atoms with E-state index in [0.29, 0.717) is 13.6 Å². The second kappa shape index (κ2) is 4.38. The zero-order chi connectivity index (χ0) is 16.5. The Balaban J connectivity index is 1.70. The standard InChI is InChI=1S/C20H20O4/c1-19(2)9-20(3,12-4-5-15-16(6-12)22-10-21-15)14-8-18-17(7-13(14)19)23-11-24-18/h4-8H,9-11H2,1-3H3. The van der Waals surface area contributed by atoms with Crippen molar-refractivity contribution in [3.63, 3.8) is 0 Å². The minimum absolute atomic E-state index is 0.0709. The Kier molecular flexibility index (Phi) is 2.56. The predicted octanol–water partition coefficient (Wildman–Crippen LogP) is 4.13. The van der Waals surface area contributed by atoms with E-state index in [1.807, 2.05) is 6.07 Å². The molecular weight excluding hydrogens is 304 g/mol. The molecule has 0 bridgehead atoms. The topological polar surface area (TPSA) is 36.9 Å². The van der Waals surface area contributed by atoms with Crippen LogP contribution < -0.4 is 18.9 Å². The van der Waals surface area contributed by atoms with Crippen LogP contribution in [0, 0.1) is 0 Å². The van der Waals surface area contributed by atoms with E-state index >= 15 is 0 Å². The van der Waals surface area contributed by atoms with Crippen LogP contribution in [0.2, 0.25) is 0 Å². The minimum atomic E-state index is -0.0964. The molecule has 0 N–H and O–H groups in total. The van der Waals surface area contributed by atoms with Gasteiger partial charge in [-0.15, -0.1) is 0 Å². The SMILES string of the molecule is CC1(C)CC(C)(c2ccc3c(c2)OCO3)c2cc3c(cc21)OCO3. The summed E-state index contributed by atoms with van der Waals surface area (Å²) in [6, 6.07) is 10.6. The van der Waals surface area contributed by atoms with Crippen LogP contribution in [-0.4, -0.2) is 13.6 Å². The maximum atomic E-state index is 5.63. The van der Waals surface area contributed by atoms with Crippen LogP contribution >= 0.6 is 0 Å². The molecule has 0 radical (unpaired) electrons. The first-order valence-corrected chi connectivity index (χ1v) is 8.32. The second-order valence-corrected chi connectivity index (χ2v) is 7.71. The third-order valence-electron chi connectivity index (χ3n) is 5.64. The molecule has 0 spiro atoms. The molecule has 2 aromatic carbocycles. The average molecular weight is 324 g/mol. The third kappa shape index (κ3) is 1.74. The Labute approximate surface area is 141 Å². The zero-order valence-electron chi connectivity index (χ0n) is 14.1. The number of rotatable bonds is 1. The Bertz CT molecular complexity index is 855. The monoisotopic (exact) mass is 324 g/mol. The van der Waals surface area contributed by atoms with Crippen molar-refractivity contribution in [1.82, 2.24) is 0 Å². The van der Waals surface area contributed by atoms with Gasteiger partial charge in [0.15, 0.2) is 23.0 Å². The summed E-state index contributed by atoms with van der Waals surface area (Å²) >= 11 is 0. The summed E-state index contributed by atoms with van der Waals surface area (Å²) in [6.45, 7) is 7.51. The second-order valence-electron chi connectivity index (χ2n) is 7.71. The molecule has 1 unspecified atom stereocenters. The maximum Gasteiger partial charge on any atom is 0.231 e. The summed E-state index contributed by atoms with van der Waals surface area (Å²) in [7, 11) is 0. The van der Waals surface area contributed by atoms with E-state index in [9.17, 15) is 0 Å². The highest BCUT2D eigenvalue weighted by Gasteiger charge is 2.47. The average Bonchev–Trinajstić information content (AvgIpc) is 3.24. The van der Waals surface area contributed by atoms with Crippen LogP contribution in [0.1, 0.15) is 43.9 Å². The van der Waals surface area contributed by atoms with E-state index in [4.69, 9.17) is 18.9 Å². The Hall–Kier alpha value is -2.36. The largest absolute Gasteiger partial charge is 0.454 e. The lowest BCUT2D eigenvalue weighted by molar-refractivity contribution is 0.173. The van der Waals surface area contributed by atoms with Crippen LogP contribution in [0.25, 0.3) is 0 Å². The smallest absolute Gasteiger partial charge is 0.231 e. The quantitative estimate of drug-likeness (QED) is 0.790. The van der Waals surface area contributed by atoms with Crippen molar-refractivity contribution in [2.24, 2.45) is 0 Å². The Morgan fingerprint density at radius 2 is 1.29 bits per heavy atom. The third-order valence-corrected chi connectivity index (χ3v) is 5.64. The lowest BCUT2D eigenvalue weighted by Gasteiger charge is -2.28. The van der Waals surface area contributed by atoms with E-state index in [1.165, 1.54) is 16.7 Å². The summed E-state index contributed by atoms with van der Waals surface area (Å²) in [5.41, 5.74) is 3.88. The first-order valence-electron chi connectivity index (χ1n) is 8.32. The number of benzene rings is 2. The van der Waals surface area contributed by atoms with Gasteiger partial charge in [0, 0.05) is 5.41 Å². The van der Waals surface area contributed by atoms with Gasteiger partial charge in [-0.2, -0.15) is 0 Å². The van der Waals surface area contributed by atoms with Gasteiger partial charge in [0.05, 0.1) is 0 Å². The van der Waals surface area contributed by atoms with Gasteiger partial charge in [-0.1, -0.05) is 26.8 Å². The van der Waals surface area contributed by atoms with Crippen molar-refractivity contribution >= 4 is 0 Å². The molecule has 124 valence electrons. The Morgan fingerprint density at radius 1 is 0.708 bits per heavy atom. The summed E-state index contributed by atoms with van der Waals surface area (Å²) < 4.78 is 22.3. The molecule has 1 atom stereocenters. The van der Waals surface area contributed by atoms with E-state index in [0.717, 1.165) is 29.4 Å². The first kappa shape index (κ1) is 14.0. The molecule has 0 saturated heterocycles. The lowest BCUT2D eigenvalue weighted by atomic mass is 9.75. The molecular formula is C20H20O4. The molecule has 2 heterocycles. The highest BCUT2D eigenvalue weighted by atomic mass is 16.7. The maximum absolute atomic E-state index is 5.63. The van der Waals surface area contributed by atoms with Gasteiger partial charge in [0.25, 0.3) is 0 Å². The molecule has 24 heavy (non-hydrogen) atoms. The van der Waals surface area contributed by atoms with Gasteiger partial charge in [0.2, 0.25) is 13.6 Å². The van der Waals surface area contributed by atoms with Gasteiger partial charge in [-0.3, -0.25) is 0 Å². The summed E-state index contributed by atoms with van der Waals surface area (Å²) in [6.07, 6.45) is 1.03. The molecule has 2 aromatic rings. The van der Waals surface area contributed by atoms with Crippen molar-refractivity contribution in [2.75, 3.05) is 13.6 Å². The van der Waals surface area contributed by atoms with Crippen molar-refractivity contribution in [3.05, 3.63) is 47.0 Å². The summed E-state index contributed by atoms with van der Waals surface area (Å²) in [5.74, 6) is 3.36. The van der Waals surface area contributed by atoms with Gasteiger partial charge in [0.1, 0.15) is 0 Å². The number of ether oxygens (including phenoxy) is 4. The van der Waals surface area contributed by atoms with Crippen LogP contribution in [0.15, 0.2) is 30.3 Å². The van der Waals surface area contributed by atoms with Crippen molar-refractivity contribution in [3.8, 4) is 23.0 Å². The van der Waals surface area contributed by atoms with Gasteiger partial charge in [-0.05, 0) is 52.8 Å². The van der Waals surface area contributed by atoms with Crippen LogP contribution in [0.3, 0.4) is 0 Å². The molecule has 2 aliphatic heterocycles. The summed E-state index contributed by atoms with van der Waals surface area (Å²) in [4.78, 5) is 0. The summed E-state index contributed by atoms with van der Waals surface area (Å²) in [5, 5.41) is 0. The molecule has 0 saturated carbocycles. The fourth-order valence-electron chi connectivity index (χ4n) is 4.53. The van der Waals surface area contributed by atoms with Crippen molar-refractivity contribution in [1.29, 1.82) is 0 Å². The molecule has 0 amide bonds. The number of hydrogen-bond acceptors (Lipinski definition) is 4. The highest BCUT2D eigenvalue weighted by molar-refractivity contribution is 5.60. The van der Waals surface area contributed by atoms with Crippen LogP contribution in [0.4, 0.5) is 0 Å². The van der Waals surface area contributed by atoms with Gasteiger partial charge in [-0.25, -0.2) is 0 Å². The molecule has 0 fully saturated rings. The van der Waals surface area contributed by atoms with Crippen LogP contribution in [-0.2, 0) is 10.8 Å². The van der Waals surface area contributed by atoms with Crippen molar-refractivity contribution < 1.29 is 18.9 Å². The van der Waals surface area contributed by atoms with Crippen molar-refractivity contribution in [2.45, 2.75) is 38.0 Å². The van der Waals surface area contributed by atoms with E-state index < -0.39 is 0 Å². The van der Waals surface area contributed by atoms with E-state index in [-0.39, 0.29) is 10.8 Å². The molecule has 3 aliphatic rings. The zero-order valence-corrected chi connectivity index (χ0v) is 14.1. The normalized spacial score (nSPS) is 25.0. The minimum Gasteiger partial charge on any atom is -0.454 e. The molecule has 5 rings (SSSR count). The van der Waals surface area contributed by atoms with Crippen LogP contribution in [0.5, 0.6) is 23.0 Å². The Morgan fingerprint density at radius 3 is 2.00 bits per heavy atom. The lowest BCUT2D eigenvalue weighted by Crippen LogP contribution is -2.23. The molecule has 1 aliphatic carbocycles. The highest BCUT2D eigenvalue weighted by Crippen LogP contribution is 2.56.